The standard InChI is InChI=1S/C13H16N4O2/c14-12-11-10(5-6-15-12)17(7-16-11)9-3-1-8(2-4-9)13(18)19/h5-9H,1-4H2,(H2,14,15)(H,18,19). The highest BCUT2D eigenvalue weighted by atomic mass is 16.4. The van der Waals surface area contributed by atoms with Gasteiger partial charge < -0.3 is 15.4 Å². The molecule has 1 aliphatic rings. The molecule has 2 heterocycles. The van der Waals surface area contributed by atoms with E-state index in [1.54, 1.807) is 12.5 Å². The molecule has 0 spiro atoms. The van der Waals surface area contributed by atoms with Crippen molar-refractivity contribution in [1.82, 2.24) is 14.5 Å². The highest BCUT2D eigenvalue weighted by Crippen LogP contribution is 2.34. The second-order valence-electron chi connectivity index (χ2n) is 5.06. The van der Waals surface area contributed by atoms with E-state index < -0.39 is 5.97 Å². The molecule has 1 saturated carbocycles. The van der Waals surface area contributed by atoms with Crippen molar-refractivity contribution in [3.8, 4) is 0 Å². The van der Waals surface area contributed by atoms with E-state index in [2.05, 4.69) is 14.5 Å². The third kappa shape index (κ3) is 2.03. The second kappa shape index (κ2) is 4.53. The average Bonchev–Trinajstić information content (AvgIpc) is 2.84. The molecule has 0 aliphatic heterocycles. The van der Waals surface area contributed by atoms with Gasteiger partial charge in [0.1, 0.15) is 5.52 Å². The van der Waals surface area contributed by atoms with Crippen LogP contribution < -0.4 is 5.73 Å². The van der Waals surface area contributed by atoms with Crippen molar-refractivity contribution < 1.29 is 9.90 Å². The fourth-order valence-electron chi connectivity index (χ4n) is 2.87. The molecule has 0 saturated heterocycles. The van der Waals surface area contributed by atoms with Crippen LogP contribution in [0.4, 0.5) is 5.82 Å². The molecule has 1 aliphatic carbocycles. The van der Waals surface area contributed by atoms with Crippen LogP contribution in [0, 0.1) is 5.92 Å². The number of hydrogen-bond acceptors (Lipinski definition) is 4. The molecule has 0 unspecified atom stereocenters. The zero-order valence-electron chi connectivity index (χ0n) is 10.5. The number of fused-ring (bicyclic) bond motifs is 1. The van der Waals surface area contributed by atoms with Gasteiger partial charge in [0, 0.05) is 12.2 Å². The van der Waals surface area contributed by atoms with Crippen molar-refractivity contribution in [1.29, 1.82) is 0 Å². The lowest BCUT2D eigenvalue weighted by Crippen LogP contribution is -2.23. The summed E-state index contributed by atoms with van der Waals surface area (Å²) in [5.74, 6) is -0.435. The van der Waals surface area contributed by atoms with Gasteiger partial charge in [-0.2, -0.15) is 0 Å². The van der Waals surface area contributed by atoms with Crippen LogP contribution in [0.1, 0.15) is 31.7 Å². The predicted octanol–water partition coefficient (Wildman–Crippen LogP) is 1.83. The van der Waals surface area contributed by atoms with Gasteiger partial charge >= 0.3 is 5.97 Å². The minimum Gasteiger partial charge on any atom is -0.481 e. The van der Waals surface area contributed by atoms with E-state index >= 15 is 0 Å². The van der Waals surface area contributed by atoms with Crippen molar-refractivity contribution in [2.75, 3.05) is 5.73 Å². The Morgan fingerprint density at radius 1 is 1.32 bits per heavy atom. The molecule has 3 N–H and O–H groups in total. The zero-order valence-corrected chi connectivity index (χ0v) is 10.5. The predicted molar refractivity (Wildman–Crippen MR) is 70.6 cm³/mol. The smallest absolute Gasteiger partial charge is 0.306 e. The number of hydrogen-bond donors (Lipinski definition) is 2. The van der Waals surface area contributed by atoms with Crippen LogP contribution >= 0.6 is 0 Å². The first-order valence-electron chi connectivity index (χ1n) is 6.46. The van der Waals surface area contributed by atoms with Crippen molar-refractivity contribution >= 4 is 22.8 Å². The van der Waals surface area contributed by atoms with E-state index in [1.807, 2.05) is 6.07 Å². The number of rotatable bonds is 2. The summed E-state index contributed by atoms with van der Waals surface area (Å²) in [5, 5.41) is 9.02. The Bertz CT molecular complexity index is 614. The molecule has 6 nitrogen and oxygen atoms in total. The van der Waals surface area contributed by atoms with Crippen LogP contribution in [0.5, 0.6) is 0 Å². The van der Waals surface area contributed by atoms with Crippen molar-refractivity contribution in [3.05, 3.63) is 18.6 Å². The Kier molecular flexibility index (Phi) is 2.85. The minimum atomic E-state index is -0.678. The summed E-state index contributed by atoms with van der Waals surface area (Å²) in [6, 6.07) is 2.21. The number of carboxylic acid groups (broad SMARTS) is 1. The zero-order chi connectivity index (χ0) is 13.4. The highest BCUT2D eigenvalue weighted by Gasteiger charge is 2.27. The maximum Gasteiger partial charge on any atom is 0.306 e. The molecule has 0 bridgehead atoms. The molecular formula is C13H16N4O2. The summed E-state index contributed by atoms with van der Waals surface area (Å²) >= 11 is 0. The number of carboxylic acids is 1. The molecule has 2 aromatic rings. The topological polar surface area (TPSA) is 94.0 Å². The van der Waals surface area contributed by atoms with Gasteiger partial charge in [-0.1, -0.05) is 0 Å². The Labute approximate surface area is 110 Å². The summed E-state index contributed by atoms with van der Waals surface area (Å²) in [6.07, 6.45) is 6.64. The minimum absolute atomic E-state index is 0.197. The Morgan fingerprint density at radius 3 is 2.74 bits per heavy atom. The Morgan fingerprint density at radius 2 is 2.05 bits per heavy atom. The van der Waals surface area contributed by atoms with Crippen LogP contribution in [0.2, 0.25) is 0 Å². The molecular weight excluding hydrogens is 244 g/mol. The number of carbonyl (C=O) groups is 1. The second-order valence-corrected chi connectivity index (χ2v) is 5.06. The molecule has 0 amide bonds. The van der Waals surface area contributed by atoms with Gasteiger partial charge in [-0.05, 0) is 31.7 Å². The number of nitrogen functional groups attached to an aromatic ring is 1. The summed E-state index contributed by atoms with van der Waals surface area (Å²) in [7, 11) is 0. The van der Waals surface area contributed by atoms with Crippen LogP contribution in [0.15, 0.2) is 18.6 Å². The third-order valence-electron chi connectivity index (χ3n) is 3.96. The van der Waals surface area contributed by atoms with E-state index in [0.29, 0.717) is 11.9 Å². The first-order valence-corrected chi connectivity index (χ1v) is 6.46. The number of nitrogens with zero attached hydrogens (tertiary/aromatic N) is 3. The van der Waals surface area contributed by atoms with Gasteiger partial charge in [-0.25, -0.2) is 9.97 Å². The molecule has 1 fully saturated rings. The first kappa shape index (κ1) is 12.0. The Balaban J connectivity index is 1.86. The van der Waals surface area contributed by atoms with Gasteiger partial charge in [0.05, 0.1) is 17.8 Å². The Hall–Kier alpha value is -2.11. The van der Waals surface area contributed by atoms with Gasteiger partial charge in [0.15, 0.2) is 5.82 Å². The molecule has 2 aromatic heterocycles. The number of aliphatic carboxylic acids is 1. The van der Waals surface area contributed by atoms with Crippen LogP contribution in [-0.2, 0) is 4.79 Å². The lowest BCUT2D eigenvalue weighted by atomic mass is 9.86. The molecule has 19 heavy (non-hydrogen) atoms. The number of imidazole rings is 1. The number of aromatic nitrogens is 3. The van der Waals surface area contributed by atoms with Gasteiger partial charge in [0.2, 0.25) is 0 Å². The van der Waals surface area contributed by atoms with Crippen LogP contribution in [0.25, 0.3) is 11.0 Å². The summed E-state index contributed by atoms with van der Waals surface area (Å²) in [4.78, 5) is 19.3. The van der Waals surface area contributed by atoms with E-state index in [9.17, 15) is 4.79 Å². The highest BCUT2D eigenvalue weighted by molar-refractivity contribution is 5.84. The van der Waals surface area contributed by atoms with E-state index in [-0.39, 0.29) is 5.92 Å². The number of nitrogens with two attached hydrogens (primary N) is 1. The first-order chi connectivity index (χ1) is 9.16. The maximum atomic E-state index is 11.0. The SMILES string of the molecule is Nc1nccc2c1ncn2C1CCC(C(=O)O)CC1. The number of anilines is 1. The monoisotopic (exact) mass is 260 g/mol. The third-order valence-corrected chi connectivity index (χ3v) is 3.96. The molecule has 3 rings (SSSR count). The molecule has 6 heteroatoms. The van der Waals surface area contributed by atoms with E-state index in [1.165, 1.54) is 0 Å². The lowest BCUT2D eigenvalue weighted by molar-refractivity contribution is -0.143. The van der Waals surface area contributed by atoms with Gasteiger partial charge in [-0.3, -0.25) is 4.79 Å². The van der Waals surface area contributed by atoms with Crippen LogP contribution in [0.3, 0.4) is 0 Å². The molecule has 0 atom stereocenters. The molecule has 0 aromatic carbocycles. The largest absolute Gasteiger partial charge is 0.481 e. The van der Waals surface area contributed by atoms with Gasteiger partial charge in [-0.15, -0.1) is 0 Å². The van der Waals surface area contributed by atoms with E-state index in [4.69, 9.17) is 10.8 Å². The average molecular weight is 260 g/mol. The van der Waals surface area contributed by atoms with Gasteiger partial charge in [0.25, 0.3) is 0 Å². The fraction of sp³-hybridized carbons (Fsp3) is 0.462. The van der Waals surface area contributed by atoms with Crippen molar-refractivity contribution in [2.24, 2.45) is 5.92 Å². The van der Waals surface area contributed by atoms with E-state index in [0.717, 1.165) is 36.7 Å². The summed E-state index contributed by atoms with van der Waals surface area (Å²) < 4.78 is 2.10. The van der Waals surface area contributed by atoms with Crippen LogP contribution in [-0.4, -0.2) is 25.6 Å². The lowest BCUT2D eigenvalue weighted by Gasteiger charge is -2.27. The maximum absolute atomic E-state index is 11.0. The molecule has 100 valence electrons. The summed E-state index contributed by atoms with van der Waals surface area (Å²) in [6.45, 7) is 0. The summed E-state index contributed by atoms with van der Waals surface area (Å²) in [5.41, 5.74) is 7.50. The normalized spacial score (nSPS) is 23.6. The fourth-order valence-corrected chi connectivity index (χ4v) is 2.87. The molecule has 0 radical (unpaired) electrons. The quantitative estimate of drug-likeness (QED) is 0.859. The van der Waals surface area contributed by atoms with Crippen molar-refractivity contribution in [2.45, 2.75) is 31.7 Å². The van der Waals surface area contributed by atoms with Crippen molar-refractivity contribution in [3.63, 3.8) is 0 Å². The number of pyridine rings is 1.